The number of aromatic nitrogens is 1. The van der Waals surface area contributed by atoms with Crippen molar-refractivity contribution in [2.45, 2.75) is 18.8 Å². The summed E-state index contributed by atoms with van der Waals surface area (Å²) in [5.74, 6) is 1.15. The van der Waals surface area contributed by atoms with Crippen molar-refractivity contribution in [1.29, 1.82) is 0 Å². The minimum atomic E-state index is -0.113. The zero-order chi connectivity index (χ0) is 27.8. The molecule has 2 aromatic heterocycles. The highest BCUT2D eigenvalue weighted by atomic mass is 35.5. The topological polar surface area (TPSA) is 61.6 Å². The average molecular weight is 563 g/mol. The van der Waals surface area contributed by atoms with E-state index < -0.39 is 0 Å². The standard InChI is InChI=1S/C34H31ClN4O2/c35-28-7-5-24(6-8-28)32-21-27-19-26-20-29(38-17-15-37-16-18-38)9-10-31(26)39(34(40)33(27)41-32)22-25-3-1-2-4-30(25)23-11-13-36-14-12-23/h1-3,5-14,20-21,30,37H,4,15-19,22H2. The minimum Gasteiger partial charge on any atom is -0.451 e. The lowest BCUT2D eigenvalue weighted by Crippen LogP contribution is -2.43. The highest BCUT2D eigenvalue weighted by molar-refractivity contribution is 6.30. The molecule has 0 saturated carbocycles. The number of piperazine rings is 1. The molecule has 3 aliphatic rings. The fourth-order valence-corrected chi connectivity index (χ4v) is 6.28. The summed E-state index contributed by atoms with van der Waals surface area (Å²) in [5.41, 5.74) is 7.46. The number of fused-ring (bicyclic) bond motifs is 2. The summed E-state index contributed by atoms with van der Waals surface area (Å²) >= 11 is 6.13. The number of hydrogen-bond donors (Lipinski definition) is 1. The van der Waals surface area contributed by atoms with Gasteiger partial charge in [0, 0.05) is 85.0 Å². The Bertz CT molecular complexity index is 1640. The van der Waals surface area contributed by atoms with Gasteiger partial charge >= 0.3 is 0 Å². The summed E-state index contributed by atoms with van der Waals surface area (Å²) in [6, 6.07) is 20.2. The first-order valence-electron chi connectivity index (χ1n) is 14.2. The van der Waals surface area contributed by atoms with Crippen LogP contribution in [0.4, 0.5) is 11.4 Å². The number of rotatable bonds is 5. The molecule has 2 aromatic carbocycles. The van der Waals surface area contributed by atoms with E-state index >= 15 is 0 Å². The molecule has 4 heterocycles. The molecule has 1 unspecified atom stereocenters. The largest absolute Gasteiger partial charge is 0.451 e. The van der Waals surface area contributed by atoms with Gasteiger partial charge in [0.15, 0.2) is 5.76 Å². The van der Waals surface area contributed by atoms with Crippen LogP contribution in [-0.2, 0) is 6.42 Å². The van der Waals surface area contributed by atoms with Crippen LogP contribution in [0.25, 0.3) is 11.3 Å². The number of allylic oxidation sites excluding steroid dienone is 3. The molecular weight excluding hydrogens is 532 g/mol. The van der Waals surface area contributed by atoms with E-state index in [1.165, 1.54) is 16.8 Å². The van der Waals surface area contributed by atoms with Crippen LogP contribution < -0.4 is 15.1 Å². The Morgan fingerprint density at radius 2 is 1.78 bits per heavy atom. The van der Waals surface area contributed by atoms with Gasteiger partial charge in [-0.3, -0.25) is 9.78 Å². The van der Waals surface area contributed by atoms with Crippen molar-refractivity contribution >= 4 is 28.9 Å². The SMILES string of the molecule is O=C1c2oc(-c3ccc(Cl)cc3)cc2Cc2cc(N3CCNCC3)ccc2N1CC1=CC=CCC1c1ccncc1. The fourth-order valence-electron chi connectivity index (χ4n) is 6.15. The number of nitrogens with zero attached hydrogens (tertiary/aromatic N) is 3. The van der Waals surface area contributed by atoms with Crippen LogP contribution in [-0.4, -0.2) is 43.6 Å². The molecule has 41 heavy (non-hydrogen) atoms. The summed E-state index contributed by atoms with van der Waals surface area (Å²) in [6.07, 6.45) is 11.6. The third-order valence-electron chi connectivity index (χ3n) is 8.31. The molecule has 4 aromatic rings. The van der Waals surface area contributed by atoms with E-state index in [0.29, 0.717) is 29.5 Å². The molecule has 1 N–H and O–H groups in total. The van der Waals surface area contributed by atoms with Gasteiger partial charge in [-0.15, -0.1) is 0 Å². The summed E-state index contributed by atoms with van der Waals surface area (Å²) in [4.78, 5) is 22.9. The Morgan fingerprint density at radius 1 is 0.976 bits per heavy atom. The maximum atomic E-state index is 14.3. The quantitative estimate of drug-likeness (QED) is 0.296. The highest BCUT2D eigenvalue weighted by Crippen LogP contribution is 2.39. The minimum absolute atomic E-state index is 0.113. The number of halogens is 1. The Kier molecular flexibility index (Phi) is 6.95. The number of nitrogens with one attached hydrogen (secondary N) is 1. The van der Waals surface area contributed by atoms with E-state index in [-0.39, 0.29) is 11.8 Å². The number of anilines is 2. The normalized spacial score (nSPS) is 18.5. The van der Waals surface area contributed by atoms with Gasteiger partial charge in [-0.2, -0.15) is 0 Å². The molecule has 7 heteroatoms. The van der Waals surface area contributed by atoms with Crippen molar-refractivity contribution in [2.24, 2.45) is 0 Å². The van der Waals surface area contributed by atoms with E-state index in [1.54, 1.807) is 0 Å². The van der Waals surface area contributed by atoms with Crippen molar-refractivity contribution in [2.75, 3.05) is 42.5 Å². The lowest BCUT2D eigenvalue weighted by Gasteiger charge is -2.32. The van der Waals surface area contributed by atoms with Gasteiger partial charge in [-0.25, -0.2) is 0 Å². The molecule has 6 nitrogen and oxygen atoms in total. The van der Waals surface area contributed by atoms with Gasteiger partial charge in [-0.1, -0.05) is 29.8 Å². The molecule has 1 saturated heterocycles. The first-order chi connectivity index (χ1) is 20.1. The number of carbonyl (C=O) groups excluding carboxylic acids is 1. The predicted molar refractivity (Wildman–Crippen MR) is 164 cm³/mol. The molecule has 206 valence electrons. The van der Waals surface area contributed by atoms with E-state index in [2.05, 4.69) is 63.8 Å². The molecule has 1 atom stereocenters. The Labute approximate surface area is 244 Å². The maximum absolute atomic E-state index is 14.3. The lowest BCUT2D eigenvalue weighted by atomic mass is 9.85. The number of furan rings is 1. The summed E-state index contributed by atoms with van der Waals surface area (Å²) in [6.45, 7) is 4.34. The van der Waals surface area contributed by atoms with Crippen molar-refractivity contribution in [3.05, 3.63) is 124 Å². The maximum Gasteiger partial charge on any atom is 0.294 e. The van der Waals surface area contributed by atoms with E-state index in [9.17, 15) is 4.79 Å². The number of hydrogen-bond acceptors (Lipinski definition) is 5. The third kappa shape index (κ3) is 5.09. The zero-order valence-electron chi connectivity index (χ0n) is 22.7. The van der Waals surface area contributed by atoms with Crippen molar-refractivity contribution < 1.29 is 9.21 Å². The molecule has 0 bridgehead atoms. The Morgan fingerprint density at radius 3 is 2.59 bits per heavy atom. The molecule has 1 fully saturated rings. The van der Waals surface area contributed by atoms with Crippen LogP contribution in [0.1, 0.15) is 39.6 Å². The Balaban J connectivity index is 1.30. The van der Waals surface area contributed by atoms with Crippen LogP contribution >= 0.6 is 11.6 Å². The second-order valence-corrected chi connectivity index (χ2v) is 11.3. The fraction of sp³-hybridized carbons (Fsp3) is 0.235. The highest BCUT2D eigenvalue weighted by Gasteiger charge is 2.33. The van der Waals surface area contributed by atoms with Crippen LogP contribution in [0.3, 0.4) is 0 Å². The summed E-state index contributed by atoms with van der Waals surface area (Å²) in [5, 5.41) is 4.10. The van der Waals surface area contributed by atoms with Crippen LogP contribution in [0, 0.1) is 0 Å². The second kappa shape index (κ2) is 11.0. The first-order valence-corrected chi connectivity index (χ1v) is 14.6. The molecule has 7 rings (SSSR count). The van der Waals surface area contributed by atoms with Gasteiger partial charge in [0.1, 0.15) is 5.76 Å². The average Bonchev–Trinajstić information content (AvgIpc) is 3.41. The zero-order valence-corrected chi connectivity index (χ0v) is 23.5. The van der Waals surface area contributed by atoms with Gasteiger partial charge in [-0.05, 0) is 83.8 Å². The molecule has 1 aliphatic carbocycles. The predicted octanol–water partition coefficient (Wildman–Crippen LogP) is 6.63. The number of pyridine rings is 1. The van der Waals surface area contributed by atoms with Gasteiger partial charge < -0.3 is 19.5 Å². The van der Waals surface area contributed by atoms with E-state index in [1.807, 2.05) is 47.6 Å². The summed E-state index contributed by atoms with van der Waals surface area (Å²) < 4.78 is 6.34. The summed E-state index contributed by atoms with van der Waals surface area (Å²) in [7, 11) is 0. The van der Waals surface area contributed by atoms with Gasteiger partial charge in [0.2, 0.25) is 0 Å². The van der Waals surface area contributed by atoms with Crippen molar-refractivity contribution in [3.63, 3.8) is 0 Å². The number of benzene rings is 2. The van der Waals surface area contributed by atoms with Crippen LogP contribution in [0.2, 0.25) is 5.02 Å². The van der Waals surface area contributed by atoms with Crippen LogP contribution in [0.15, 0.2) is 101 Å². The second-order valence-electron chi connectivity index (χ2n) is 10.8. The van der Waals surface area contributed by atoms with Crippen molar-refractivity contribution in [1.82, 2.24) is 10.3 Å². The smallest absolute Gasteiger partial charge is 0.294 e. The first kappa shape index (κ1) is 25.8. The number of carbonyl (C=O) groups is 1. The molecule has 2 aliphatic heterocycles. The van der Waals surface area contributed by atoms with E-state index in [0.717, 1.165) is 55.0 Å². The van der Waals surface area contributed by atoms with Crippen molar-refractivity contribution in [3.8, 4) is 11.3 Å². The van der Waals surface area contributed by atoms with Gasteiger partial charge in [0.25, 0.3) is 5.91 Å². The molecular formula is C34H31ClN4O2. The lowest BCUT2D eigenvalue weighted by molar-refractivity contribution is 0.0963. The number of amides is 1. The molecule has 1 amide bonds. The van der Waals surface area contributed by atoms with Crippen LogP contribution in [0.5, 0.6) is 0 Å². The molecule has 0 radical (unpaired) electrons. The van der Waals surface area contributed by atoms with Gasteiger partial charge in [0.05, 0.1) is 0 Å². The third-order valence-corrected chi connectivity index (χ3v) is 8.56. The monoisotopic (exact) mass is 562 g/mol. The molecule has 0 spiro atoms. The van der Waals surface area contributed by atoms with E-state index in [4.69, 9.17) is 16.0 Å². The Hall–Kier alpha value is -4.13.